The maximum absolute atomic E-state index is 13.3. The molecule has 5 heteroatoms. The first-order chi connectivity index (χ1) is 9.95. The molecule has 21 heavy (non-hydrogen) atoms. The zero-order chi connectivity index (χ0) is 15.4. The fraction of sp³-hybridized carbons (Fsp3) is 0.250. The van der Waals surface area contributed by atoms with Gasteiger partial charge in [0.05, 0.1) is 0 Å². The molecule has 0 heterocycles. The van der Waals surface area contributed by atoms with Crippen LogP contribution in [0.5, 0.6) is 0 Å². The van der Waals surface area contributed by atoms with Crippen LogP contribution in [0.4, 0.5) is 10.1 Å². The Bertz CT molecular complexity index is 675. The predicted octanol–water partition coefficient (Wildman–Crippen LogP) is 4.28. The Morgan fingerprint density at radius 2 is 1.95 bits per heavy atom. The molecule has 0 radical (unpaired) electrons. The van der Waals surface area contributed by atoms with Crippen LogP contribution in [0.3, 0.4) is 0 Å². The molecule has 112 valence electrons. The van der Waals surface area contributed by atoms with Crippen LogP contribution in [0.15, 0.2) is 36.4 Å². The van der Waals surface area contributed by atoms with Crippen molar-refractivity contribution in [3.05, 3.63) is 63.9 Å². The van der Waals surface area contributed by atoms with Crippen molar-refractivity contribution in [3.63, 3.8) is 0 Å². The maximum atomic E-state index is 13.3. The molecule has 1 N–H and O–H groups in total. The van der Waals surface area contributed by atoms with Crippen LogP contribution in [0.1, 0.15) is 16.7 Å². The molecule has 0 aliphatic rings. The van der Waals surface area contributed by atoms with Crippen molar-refractivity contribution in [1.29, 1.82) is 0 Å². The molecule has 2 aromatic rings. The van der Waals surface area contributed by atoms with Gasteiger partial charge in [0.1, 0.15) is 5.82 Å². The molecule has 0 amide bonds. The van der Waals surface area contributed by atoms with Gasteiger partial charge >= 0.3 is 0 Å². The van der Waals surface area contributed by atoms with E-state index in [4.69, 9.17) is 11.6 Å². The van der Waals surface area contributed by atoms with Gasteiger partial charge in [-0.2, -0.15) is 0 Å². The Kier molecular flexibility index (Phi) is 5.37. The van der Waals surface area contributed by atoms with E-state index in [1.54, 1.807) is 18.4 Å². The van der Waals surface area contributed by atoms with Crippen molar-refractivity contribution in [2.75, 3.05) is 11.6 Å². The van der Waals surface area contributed by atoms with Crippen LogP contribution in [0.2, 0.25) is 5.02 Å². The van der Waals surface area contributed by atoms with Gasteiger partial charge < -0.3 is 5.32 Å². The molecule has 0 fully saturated rings. The second-order valence-electron chi connectivity index (χ2n) is 4.95. The smallest absolute Gasteiger partial charge is 0.123 e. The zero-order valence-corrected chi connectivity index (χ0v) is 13.5. The van der Waals surface area contributed by atoms with Crippen LogP contribution in [0, 0.1) is 12.7 Å². The fourth-order valence-corrected chi connectivity index (χ4v) is 2.98. The summed E-state index contributed by atoms with van der Waals surface area (Å²) in [6.45, 7) is 2.48. The molecule has 2 nitrogen and oxygen atoms in total. The van der Waals surface area contributed by atoms with Crippen molar-refractivity contribution in [1.82, 2.24) is 0 Å². The highest BCUT2D eigenvalue weighted by molar-refractivity contribution is 7.83. The largest absolute Gasteiger partial charge is 0.381 e. The molecule has 0 saturated heterocycles. The Hall–Kier alpha value is -1.39. The van der Waals surface area contributed by atoms with Gasteiger partial charge in [-0.1, -0.05) is 17.7 Å². The van der Waals surface area contributed by atoms with Crippen molar-refractivity contribution in [2.45, 2.75) is 19.2 Å². The average molecular weight is 326 g/mol. The second-order valence-corrected chi connectivity index (χ2v) is 6.79. The quantitative estimate of drug-likeness (QED) is 0.889. The summed E-state index contributed by atoms with van der Waals surface area (Å²) in [4.78, 5) is 0. The van der Waals surface area contributed by atoms with Gasteiger partial charge in [-0.15, -0.1) is 0 Å². The Morgan fingerprint density at radius 1 is 1.19 bits per heavy atom. The van der Waals surface area contributed by atoms with E-state index in [0.29, 0.717) is 17.3 Å². The number of aryl methyl sites for hydroxylation is 1. The van der Waals surface area contributed by atoms with Crippen LogP contribution < -0.4 is 5.32 Å². The molecule has 0 bridgehead atoms. The first-order valence-corrected chi connectivity index (χ1v) is 8.63. The second kappa shape index (κ2) is 7.05. The predicted molar refractivity (Wildman–Crippen MR) is 87.7 cm³/mol. The summed E-state index contributed by atoms with van der Waals surface area (Å²) in [7, 11) is -0.944. The van der Waals surface area contributed by atoms with E-state index in [9.17, 15) is 8.60 Å². The zero-order valence-electron chi connectivity index (χ0n) is 12.0. The summed E-state index contributed by atoms with van der Waals surface area (Å²) in [5.41, 5.74) is 3.67. The lowest BCUT2D eigenvalue weighted by Gasteiger charge is -2.11. The summed E-state index contributed by atoms with van der Waals surface area (Å²) in [5.74, 6) is 0.184. The van der Waals surface area contributed by atoms with Gasteiger partial charge in [0.15, 0.2) is 0 Å². The average Bonchev–Trinajstić information content (AvgIpc) is 2.42. The van der Waals surface area contributed by atoms with Crippen molar-refractivity contribution >= 4 is 28.1 Å². The molecule has 0 aromatic heterocycles. The van der Waals surface area contributed by atoms with Crippen molar-refractivity contribution < 1.29 is 8.60 Å². The summed E-state index contributed by atoms with van der Waals surface area (Å²) in [6.07, 6.45) is 1.65. The number of hydrogen-bond donors (Lipinski definition) is 1. The fourth-order valence-electron chi connectivity index (χ4n) is 2.04. The molecule has 1 atom stereocenters. The number of anilines is 1. The lowest BCUT2D eigenvalue weighted by atomic mass is 10.1. The van der Waals surface area contributed by atoms with E-state index < -0.39 is 10.8 Å². The highest BCUT2D eigenvalue weighted by Crippen LogP contribution is 2.22. The van der Waals surface area contributed by atoms with E-state index >= 15 is 0 Å². The van der Waals surface area contributed by atoms with E-state index in [2.05, 4.69) is 5.32 Å². The summed E-state index contributed by atoms with van der Waals surface area (Å²) in [5, 5.41) is 3.85. The topological polar surface area (TPSA) is 29.1 Å². The minimum Gasteiger partial charge on any atom is -0.381 e. The van der Waals surface area contributed by atoms with E-state index in [1.807, 2.05) is 19.1 Å². The van der Waals surface area contributed by atoms with Crippen LogP contribution >= 0.6 is 11.6 Å². The molecule has 2 aromatic carbocycles. The first kappa shape index (κ1) is 16.0. The first-order valence-electron chi connectivity index (χ1n) is 6.53. The van der Waals surface area contributed by atoms with Gasteiger partial charge in [0.2, 0.25) is 0 Å². The van der Waals surface area contributed by atoms with Crippen molar-refractivity contribution in [2.24, 2.45) is 0 Å². The Morgan fingerprint density at radius 3 is 2.67 bits per heavy atom. The number of rotatable bonds is 5. The molecule has 2 rings (SSSR count). The van der Waals surface area contributed by atoms with Gasteiger partial charge in [-0.3, -0.25) is 4.21 Å². The van der Waals surface area contributed by atoms with Crippen LogP contribution in [-0.4, -0.2) is 10.5 Å². The Balaban J connectivity index is 2.13. The van der Waals surface area contributed by atoms with Gasteiger partial charge in [-0.05, 0) is 53.9 Å². The number of hydrogen-bond acceptors (Lipinski definition) is 2. The molecule has 0 spiro atoms. The summed E-state index contributed by atoms with van der Waals surface area (Å²) >= 11 is 6.09. The summed E-state index contributed by atoms with van der Waals surface area (Å²) in [6, 6.07) is 10.3. The number of halogens is 2. The minimum atomic E-state index is -0.944. The van der Waals surface area contributed by atoms with E-state index in [0.717, 1.165) is 22.4 Å². The van der Waals surface area contributed by atoms with E-state index in [-0.39, 0.29) is 5.82 Å². The molecular formula is C16H17ClFNOS. The highest BCUT2D eigenvalue weighted by atomic mass is 35.5. The summed E-state index contributed by atoms with van der Waals surface area (Å²) < 4.78 is 24.6. The molecule has 0 unspecified atom stereocenters. The lowest BCUT2D eigenvalue weighted by Crippen LogP contribution is -2.03. The Labute approximate surface area is 131 Å². The third kappa shape index (κ3) is 4.55. The van der Waals surface area contributed by atoms with Gasteiger partial charge in [0.25, 0.3) is 0 Å². The third-order valence-electron chi connectivity index (χ3n) is 3.20. The third-order valence-corrected chi connectivity index (χ3v) is 4.28. The monoisotopic (exact) mass is 325 g/mol. The van der Waals surface area contributed by atoms with E-state index in [1.165, 1.54) is 12.1 Å². The van der Waals surface area contributed by atoms with Crippen molar-refractivity contribution in [3.8, 4) is 0 Å². The maximum Gasteiger partial charge on any atom is 0.123 e. The number of benzene rings is 2. The normalized spacial score (nSPS) is 12.2. The van der Waals surface area contributed by atoms with Crippen LogP contribution in [-0.2, 0) is 23.1 Å². The number of nitrogens with one attached hydrogen (secondary N) is 1. The minimum absolute atomic E-state index is 0.240. The van der Waals surface area contributed by atoms with Crippen LogP contribution in [0.25, 0.3) is 0 Å². The van der Waals surface area contributed by atoms with Gasteiger partial charge in [0, 0.05) is 40.1 Å². The lowest BCUT2D eigenvalue weighted by molar-refractivity contribution is 0.625. The molecule has 0 aliphatic carbocycles. The highest BCUT2D eigenvalue weighted by Gasteiger charge is 2.05. The molecular weight excluding hydrogens is 309 g/mol. The van der Waals surface area contributed by atoms with Gasteiger partial charge in [-0.25, -0.2) is 4.39 Å². The molecule has 0 saturated carbocycles. The standard InChI is InChI=1S/C16H17ClFNOS/c1-11-3-4-14(18)7-12(11)9-19-15-5-6-16(17)13(8-15)10-21(2)20/h3-8,19H,9-10H2,1-2H3/t21-/m1/s1. The molecule has 0 aliphatic heterocycles. The SMILES string of the molecule is Cc1ccc(F)cc1CNc1ccc(Cl)c(C[S@@](C)=O)c1.